The molecule has 0 bridgehead atoms. The van der Waals surface area contributed by atoms with Crippen LogP contribution in [0.25, 0.3) is 5.69 Å². The maximum atomic E-state index is 11.9. The van der Waals surface area contributed by atoms with Crippen molar-refractivity contribution < 1.29 is 9.53 Å². The van der Waals surface area contributed by atoms with Crippen LogP contribution >= 0.6 is 0 Å². The maximum Gasteiger partial charge on any atom is 0.253 e. The number of carbonyl (C=O) groups excluding carboxylic acids is 1. The van der Waals surface area contributed by atoms with Crippen molar-refractivity contribution in [1.29, 1.82) is 0 Å². The van der Waals surface area contributed by atoms with Gasteiger partial charge < -0.3 is 16.2 Å². The number of methoxy groups -OCH3 is 1. The van der Waals surface area contributed by atoms with Crippen LogP contribution in [0.15, 0.2) is 54.9 Å². The second kappa shape index (κ2) is 7.09. The Morgan fingerprint density at radius 1 is 1.20 bits per heavy atom. The molecule has 128 valence electrons. The summed E-state index contributed by atoms with van der Waals surface area (Å²) in [5.74, 6) is 0.253. The first-order valence-corrected chi connectivity index (χ1v) is 7.94. The highest BCUT2D eigenvalue weighted by Crippen LogP contribution is 2.26. The van der Waals surface area contributed by atoms with Crippen LogP contribution in [-0.4, -0.2) is 22.8 Å². The molecule has 0 atom stereocenters. The molecule has 4 N–H and O–H groups in total. The summed E-state index contributed by atoms with van der Waals surface area (Å²) >= 11 is 0. The summed E-state index contributed by atoms with van der Waals surface area (Å²) in [6.45, 7) is 0. The van der Waals surface area contributed by atoms with E-state index in [0.717, 1.165) is 23.3 Å². The van der Waals surface area contributed by atoms with Gasteiger partial charge in [0.15, 0.2) is 0 Å². The van der Waals surface area contributed by atoms with E-state index in [-0.39, 0.29) is 0 Å². The van der Waals surface area contributed by atoms with Crippen LogP contribution in [0.4, 0.5) is 5.69 Å². The number of rotatable bonds is 6. The average Bonchev–Trinajstić information content (AvgIpc) is 3.14. The van der Waals surface area contributed by atoms with Crippen molar-refractivity contribution in [3.63, 3.8) is 0 Å². The number of anilines is 1. The zero-order valence-corrected chi connectivity index (χ0v) is 14.0. The second-order valence-corrected chi connectivity index (χ2v) is 5.70. The number of nitrogens with two attached hydrogens (primary N) is 2. The largest absolute Gasteiger partial charge is 0.497 e. The minimum atomic E-state index is -0.564. The number of nitrogen functional groups attached to an aromatic ring is 1. The predicted octanol–water partition coefficient (Wildman–Crippen LogP) is 2.35. The summed E-state index contributed by atoms with van der Waals surface area (Å²) in [5, 5.41) is 4.15. The van der Waals surface area contributed by atoms with Crippen molar-refractivity contribution in [3.8, 4) is 11.4 Å². The number of aromatic nitrogens is 2. The molecule has 3 aromatic rings. The van der Waals surface area contributed by atoms with Gasteiger partial charge in [0.25, 0.3) is 5.91 Å². The fourth-order valence-electron chi connectivity index (χ4n) is 2.84. The normalized spacial score (nSPS) is 10.6. The number of nitrogens with zero attached hydrogens (tertiary/aromatic N) is 2. The molecule has 6 heteroatoms. The minimum absolute atomic E-state index is 0.298. The molecular weight excluding hydrogens is 316 g/mol. The lowest BCUT2D eigenvalue weighted by Gasteiger charge is -2.14. The van der Waals surface area contributed by atoms with Crippen molar-refractivity contribution in [2.75, 3.05) is 12.8 Å². The Kier molecular flexibility index (Phi) is 4.70. The smallest absolute Gasteiger partial charge is 0.253 e. The number of aryl methyl sites for hydroxylation is 2. The molecule has 3 rings (SSSR count). The molecular formula is C19H20N4O2. The lowest BCUT2D eigenvalue weighted by atomic mass is 9.98. The van der Waals surface area contributed by atoms with Gasteiger partial charge in [-0.05, 0) is 48.2 Å². The standard InChI is InChI=1S/C19H20N4O2/c1-25-15-5-2-4-13(12-15)6-7-14-8-9-16(23-11-3-10-22-23)17(18(14)20)19(21)24/h2-5,8-12H,6-7,20H2,1H3,(H2,21,24). The van der Waals surface area contributed by atoms with Gasteiger partial charge in [-0.2, -0.15) is 5.10 Å². The Labute approximate surface area is 146 Å². The third kappa shape index (κ3) is 3.47. The molecule has 0 spiro atoms. The Hall–Kier alpha value is -3.28. The van der Waals surface area contributed by atoms with Gasteiger partial charge in [-0.3, -0.25) is 4.79 Å². The van der Waals surface area contributed by atoms with Crippen molar-refractivity contribution in [2.24, 2.45) is 5.73 Å². The molecule has 0 radical (unpaired) electrons. The van der Waals surface area contributed by atoms with Crippen LogP contribution in [-0.2, 0) is 12.8 Å². The van der Waals surface area contributed by atoms with Gasteiger partial charge in [-0.15, -0.1) is 0 Å². The summed E-state index contributed by atoms with van der Waals surface area (Å²) in [6.07, 6.45) is 4.86. The SMILES string of the molecule is COc1cccc(CCc2ccc(-n3cccn3)c(C(N)=O)c2N)c1. The molecule has 0 saturated carbocycles. The summed E-state index contributed by atoms with van der Waals surface area (Å²) < 4.78 is 6.83. The number of hydrogen-bond acceptors (Lipinski definition) is 4. The highest BCUT2D eigenvalue weighted by atomic mass is 16.5. The zero-order valence-electron chi connectivity index (χ0n) is 14.0. The summed E-state index contributed by atoms with van der Waals surface area (Å²) in [4.78, 5) is 11.9. The van der Waals surface area contributed by atoms with E-state index in [4.69, 9.17) is 16.2 Å². The number of ether oxygens (including phenoxy) is 1. The molecule has 6 nitrogen and oxygen atoms in total. The van der Waals surface area contributed by atoms with E-state index in [1.807, 2.05) is 36.4 Å². The summed E-state index contributed by atoms with van der Waals surface area (Å²) in [6, 6.07) is 13.4. The van der Waals surface area contributed by atoms with Gasteiger partial charge in [0.2, 0.25) is 0 Å². The second-order valence-electron chi connectivity index (χ2n) is 5.70. The average molecular weight is 336 g/mol. The van der Waals surface area contributed by atoms with Crippen LogP contribution in [0.1, 0.15) is 21.5 Å². The Morgan fingerprint density at radius 2 is 2.04 bits per heavy atom. The molecule has 1 heterocycles. The van der Waals surface area contributed by atoms with Crippen LogP contribution < -0.4 is 16.2 Å². The summed E-state index contributed by atoms with van der Waals surface area (Å²) in [5.41, 5.74) is 15.1. The Morgan fingerprint density at radius 3 is 2.72 bits per heavy atom. The number of carbonyl (C=O) groups is 1. The number of amides is 1. The van der Waals surface area contributed by atoms with Crippen molar-refractivity contribution >= 4 is 11.6 Å². The third-order valence-corrected chi connectivity index (χ3v) is 4.13. The molecule has 0 aliphatic rings. The molecule has 1 aromatic heterocycles. The highest BCUT2D eigenvalue weighted by molar-refractivity contribution is 6.02. The molecule has 0 saturated heterocycles. The van der Waals surface area contributed by atoms with Crippen molar-refractivity contribution in [2.45, 2.75) is 12.8 Å². The molecule has 2 aromatic carbocycles. The minimum Gasteiger partial charge on any atom is -0.497 e. The lowest BCUT2D eigenvalue weighted by Crippen LogP contribution is -2.18. The van der Waals surface area contributed by atoms with Crippen LogP contribution in [0, 0.1) is 0 Å². The molecule has 25 heavy (non-hydrogen) atoms. The number of hydrogen-bond donors (Lipinski definition) is 2. The van der Waals surface area contributed by atoms with E-state index in [0.29, 0.717) is 23.4 Å². The Balaban J connectivity index is 1.89. The van der Waals surface area contributed by atoms with E-state index in [1.165, 1.54) is 0 Å². The van der Waals surface area contributed by atoms with Gasteiger partial charge in [-0.25, -0.2) is 4.68 Å². The Bertz CT molecular complexity index is 888. The predicted molar refractivity (Wildman–Crippen MR) is 96.9 cm³/mol. The zero-order chi connectivity index (χ0) is 17.8. The van der Waals surface area contributed by atoms with Crippen LogP contribution in [0.2, 0.25) is 0 Å². The van der Waals surface area contributed by atoms with Crippen LogP contribution in [0.5, 0.6) is 5.75 Å². The first-order valence-electron chi connectivity index (χ1n) is 7.94. The quantitative estimate of drug-likeness (QED) is 0.675. The molecule has 0 aliphatic heterocycles. The lowest BCUT2D eigenvalue weighted by molar-refractivity contribution is 0.100. The maximum absolute atomic E-state index is 11.9. The van der Waals surface area contributed by atoms with E-state index in [2.05, 4.69) is 5.10 Å². The van der Waals surface area contributed by atoms with Gasteiger partial charge in [0.1, 0.15) is 5.75 Å². The fraction of sp³-hybridized carbons (Fsp3) is 0.158. The van der Waals surface area contributed by atoms with Crippen LogP contribution in [0.3, 0.4) is 0 Å². The summed E-state index contributed by atoms with van der Waals surface area (Å²) in [7, 11) is 1.64. The molecule has 0 unspecified atom stereocenters. The van der Waals surface area contributed by atoms with Gasteiger partial charge >= 0.3 is 0 Å². The molecule has 0 fully saturated rings. The number of primary amides is 1. The molecule has 0 aliphatic carbocycles. The van der Waals surface area contributed by atoms with Crippen molar-refractivity contribution in [1.82, 2.24) is 9.78 Å². The van der Waals surface area contributed by atoms with E-state index in [9.17, 15) is 4.79 Å². The van der Waals surface area contributed by atoms with Gasteiger partial charge in [0, 0.05) is 18.1 Å². The fourth-order valence-corrected chi connectivity index (χ4v) is 2.84. The first-order chi connectivity index (χ1) is 12.1. The topological polar surface area (TPSA) is 96.2 Å². The highest BCUT2D eigenvalue weighted by Gasteiger charge is 2.17. The first kappa shape index (κ1) is 16.6. The van der Waals surface area contributed by atoms with Crippen molar-refractivity contribution in [3.05, 3.63) is 71.5 Å². The van der Waals surface area contributed by atoms with Gasteiger partial charge in [-0.1, -0.05) is 18.2 Å². The van der Waals surface area contributed by atoms with E-state index in [1.54, 1.807) is 30.3 Å². The molecule has 1 amide bonds. The van der Waals surface area contributed by atoms with E-state index < -0.39 is 5.91 Å². The van der Waals surface area contributed by atoms with E-state index >= 15 is 0 Å². The van der Waals surface area contributed by atoms with Gasteiger partial charge in [0.05, 0.1) is 18.4 Å². The monoisotopic (exact) mass is 336 g/mol. The third-order valence-electron chi connectivity index (χ3n) is 4.13. The number of benzene rings is 2.